The molecular weight excluding hydrogens is 214 g/mol. The molecule has 88 valence electrons. The van der Waals surface area contributed by atoms with Gasteiger partial charge in [-0.25, -0.2) is 8.78 Å². The number of rotatable bonds is 3. The Morgan fingerprint density at radius 2 is 1.69 bits per heavy atom. The van der Waals surface area contributed by atoms with Crippen molar-refractivity contribution in [3.05, 3.63) is 29.8 Å². The van der Waals surface area contributed by atoms with Gasteiger partial charge in [0.1, 0.15) is 11.4 Å². The van der Waals surface area contributed by atoms with Crippen LogP contribution >= 0.6 is 0 Å². The topological polar surface area (TPSA) is 26.3 Å². The summed E-state index contributed by atoms with van der Waals surface area (Å²) in [7, 11) is 0. The summed E-state index contributed by atoms with van der Waals surface area (Å²) in [6.07, 6.45) is -2.96. The first-order valence-corrected chi connectivity index (χ1v) is 4.91. The molecule has 1 aromatic carbocycles. The zero-order valence-electron chi connectivity index (χ0n) is 9.46. The Bertz CT molecular complexity index is 364. The molecule has 16 heavy (non-hydrogen) atoms. The molecule has 0 saturated heterocycles. The first-order chi connectivity index (χ1) is 7.29. The van der Waals surface area contributed by atoms with Crippen molar-refractivity contribution in [2.24, 2.45) is 0 Å². The summed E-state index contributed by atoms with van der Waals surface area (Å²) in [4.78, 5) is 11.0. The van der Waals surface area contributed by atoms with Crippen molar-refractivity contribution < 1.29 is 18.3 Å². The van der Waals surface area contributed by atoms with E-state index < -0.39 is 12.2 Å². The van der Waals surface area contributed by atoms with Crippen LogP contribution in [0.5, 0.6) is 5.75 Å². The fraction of sp³-hybridized carbons (Fsp3) is 0.417. The number of Topliss-reactive ketones (excluding diaryl/α,β-unsaturated/α-hetero) is 1. The molecule has 0 unspecified atom stereocenters. The molecule has 0 atom stereocenters. The molecule has 2 nitrogen and oxygen atoms in total. The van der Waals surface area contributed by atoms with Crippen LogP contribution < -0.4 is 4.74 Å². The summed E-state index contributed by atoms with van der Waals surface area (Å²) in [6.45, 7) is 5.64. The number of ether oxygens (including phenoxy) is 1. The highest BCUT2D eigenvalue weighted by Crippen LogP contribution is 2.19. The Hall–Kier alpha value is -1.45. The molecule has 0 aliphatic carbocycles. The Morgan fingerprint density at radius 1 is 1.19 bits per heavy atom. The maximum Gasteiger partial charge on any atom is 0.300 e. The Balaban J connectivity index is 2.80. The second-order valence-corrected chi connectivity index (χ2v) is 4.40. The van der Waals surface area contributed by atoms with Crippen LogP contribution in [0, 0.1) is 0 Å². The van der Waals surface area contributed by atoms with Crippen LogP contribution in [0.3, 0.4) is 0 Å². The molecule has 0 bridgehead atoms. The Morgan fingerprint density at radius 3 is 2.06 bits per heavy atom. The van der Waals surface area contributed by atoms with E-state index in [1.165, 1.54) is 24.3 Å². The van der Waals surface area contributed by atoms with Crippen molar-refractivity contribution in [3.63, 3.8) is 0 Å². The molecular formula is C12H14F2O2. The van der Waals surface area contributed by atoms with E-state index in [1.807, 2.05) is 20.8 Å². The van der Waals surface area contributed by atoms with Gasteiger partial charge in [0.15, 0.2) is 0 Å². The largest absolute Gasteiger partial charge is 0.488 e. The van der Waals surface area contributed by atoms with Crippen molar-refractivity contribution >= 4 is 5.78 Å². The maximum atomic E-state index is 12.1. The number of carbonyl (C=O) groups excluding carboxylic acids is 1. The lowest BCUT2D eigenvalue weighted by atomic mass is 10.1. The molecule has 1 aromatic rings. The maximum absolute atomic E-state index is 12.1. The zero-order valence-corrected chi connectivity index (χ0v) is 9.46. The second-order valence-electron chi connectivity index (χ2n) is 4.40. The monoisotopic (exact) mass is 228 g/mol. The minimum atomic E-state index is -2.96. The smallest absolute Gasteiger partial charge is 0.300 e. The number of halogens is 2. The molecule has 4 heteroatoms. The first-order valence-electron chi connectivity index (χ1n) is 4.91. The molecule has 0 radical (unpaired) electrons. The van der Waals surface area contributed by atoms with Gasteiger partial charge in [-0.1, -0.05) is 0 Å². The quantitative estimate of drug-likeness (QED) is 0.742. The summed E-state index contributed by atoms with van der Waals surface area (Å²) < 4.78 is 29.7. The minimum absolute atomic E-state index is 0.00346. The fourth-order valence-electron chi connectivity index (χ4n) is 1.17. The number of carbonyl (C=O) groups is 1. The summed E-state index contributed by atoms with van der Waals surface area (Å²) in [5.41, 5.74) is -0.356. The number of hydrogen-bond donors (Lipinski definition) is 0. The second kappa shape index (κ2) is 4.60. The van der Waals surface area contributed by atoms with E-state index in [9.17, 15) is 13.6 Å². The average molecular weight is 228 g/mol. The lowest BCUT2D eigenvalue weighted by Crippen LogP contribution is -2.23. The highest BCUT2D eigenvalue weighted by atomic mass is 19.3. The van der Waals surface area contributed by atoms with E-state index >= 15 is 0 Å². The minimum Gasteiger partial charge on any atom is -0.488 e. The van der Waals surface area contributed by atoms with Gasteiger partial charge in [-0.2, -0.15) is 0 Å². The van der Waals surface area contributed by atoms with Gasteiger partial charge >= 0.3 is 6.43 Å². The highest BCUT2D eigenvalue weighted by Gasteiger charge is 2.18. The van der Waals surface area contributed by atoms with E-state index in [1.54, 1.807) is 0 Å². The van der Waals surface area contributed by atoms with Gasteiger partial charge in [-0.15, -0.1) is 0 Å². The Labute approximate surface area is 93.2 Å². The van der Waals surface area contributed by atoms with Gasteiger partial charge in [-0.05, 0) is 45.0 Å². The third kappa shape index (κ3) is 3.61. The van der Waals surface area contributed by atoms with Crippen LogP contribution in [0.4, 0.5) is 8.78 Å². The summed E-state index contributed by atoms with van der Waals surface area (Å²) in [5, 5.41) is 0. The first kappa shape index (κ1) is 12.6. The molecule has 0 saturated carbocycles. The third-order valence-electron chi connectivity index (χ3n) is 1.76. The number of ketones is 1. The van der Waals surface area contributed by atoms with Crippen molar-refractivity contribution in [3.8, 4) is 5.75 Å². The normalized spacial score (nSPS) is 11.6. The van der Waals surface area contributed by atoms with E-state index in [2.05, 4.69) is 0 Å². The van der Waals surface area contributed by atoms with E-state index in [0.29, 0.717) is 5.75 Å². The third-order valence-corrected chi connectivity index (χ3v) is 1.76. The molecule has 0 aliphatic heterocycles. The van der Waals surface area contributed by atoms with Crippen molar-refractivity contribution in [1.29, 1.82) is 0 Å². The summed E-state index contributed by atoms with van der Waals surface area (Å²) in [5.74, 6) is -0.611. The van der Waals surface area contributed by atoms with Gasteiger partial charge in [0, 0.05) is 5.56 Å². The van der Waals surface area contributed by atoms with Crippen molar-refractivity contribution in [2.75, 3.05) is 0 Å². The Kier molecular flexibility index (Phi) is 3.62. The van der Waals surface area contributed by atoms with Gasteiger partial charge in [-0.3, -0.25) is 4.79 Å². The molecule has 1 rings (SSSR count). The van der Waals surface area contributed by atoms with Crippen LogP contribution in [0.2, 0.25) is 0 Å². The van der Waals surface area contributed by atoms with Gasteiger partial charge in [0.2, 0.25) is 5.78 Å². The number of benzene rings is 1. The standard InChI is InChI=1S/C12H14F2O2/c1-12(2,3)16-9-6-4-8(5-7-9)10(15)11(13)14/h4-7,11H,1-3H3. The van der Waals surface area contributed by atoms with Crippen LogP contribution in [-0.2, 0) is 0 Å². The van der Waals surface area contributed by atoms with Crippen molar-refractivity contribution in [2.45, 2.75) is 32.8 Å². The van der Waals surface area contributed by atoms with Crippen LogP contribution in [0.1, 0.15) is 31.1 Å². The molecule has 0 aromatic heterocycles. The molecule has 0 fully saturated rings. The lowest BCUT2D eigenvalue weighted by molar-refractivity contribution is 0.0678. The van der Waals surface area contributed by atoms with Gasteiger partial charge < -0.3 is 4.74 Å². The zero-order chi connectivity index (χ0) is 12.3. The number of hydrogen-bond acceptors (Lipinski definition) is 2. The lowest BCUT2D eigenvalue weighted by Gasteiger charge is -2.21. The van der Waals surface area contributed by atoms with E-state index in [4.69, 9.17) is 4.74 Å². The molecule has 0 aliphatic rings. The average Bonchev–Trinajstić information content (AvgIpc) is 2.15. The molecule has 0 heterocycles. The van der Waals surface area contributed by atoms with E-state index in [0.717, 1.165) is 0 Å². The SMILES string of the molecule is CC(C)(C)Oc1ccc(C(=O)C(F)F)cc1. The van der Waals surface area contributed by atoms with Gasteiger partial charge in [0.25, 0.3) is 0 Å². The predicted molar refractivity (Wildman–Crippen MR) is 57.2 cm³/mol. The summed E-state index contributed by atoms with van der Waals surface area (Å²) in [6, 6.07) is 5.72. The van der Waals surface area contributed by atoms with Crippen LogP contribution in [0.15, 0.2) is 24.3 Å². The van der Waals surface area contributed by atoms with Crippen LogP contribution in [0.25, 0.3) is 0 Å². The van der Waals surface area contributed by atoms with Gasteiger partial charge in [0.05, 0.1) is 0 Å². The molecule has 0 N–H and O–H groups in total. The molecule has 0 spiro atoms. The fourth-order valence-corrected chi connectivity index (χ4v) is 1.17. The van der Waals surface area contributed by atoms with E-state index in [-0.39, 0.29) is 11.2 Å². The number of alkyl halides is 2. The molecule has 0 amide bonds. The predicted octanol–water partition coefficient (Wildman–Crippen LogP) is 3.31. The van der Waals surface area contributed by atoms with Crippen LogP contribution in [-0.4, -0.2) is 17.8 Å². The van der Waals surface area contributed by atoms with Crippen molar-refractivity contribution in [1.82, 2.24) is 0 Å². The summed E-state index contributed by atoms with van der Waals surface area (Å²) >= 11 is 0. The highest BCUT2D eigenvalue weighted by molar-refractivity contribution is 5.98.